The van der Waals surface area contributed by atoms with E-state index in [9.17, 15) is 9.18 Å². The fraction of sp³-hybridized carbons (Fsp3) is 0.276. The molecule has 1 fully saturated rings. The van der Waals surface area contributed by atoms with Crippen LogP contribution in [0.4, 0.5) is 4.39 Å². The van der Waals surface area contributed by atoms with Crippen LogP contribution in [0.5, 0.6) is 5.75 Å². The number of hydrogen-bond donors (Lipinski definition) is 0. The van der Waals surface area contributed by atoms with Crippen LogP contribution in [0.2, 0.25) is 0 Å². The molecule has 1 unspecified atom stereocenters. The van der Waals surface area contributed by atoms with Crippen LogP contribution >= 0.6 is 0 Å². The molecule has 1 aliphatic heterocycles. The van der Waals surface area contributed by atoms with Crippen molar-refractivity contribution >= 4 is 16.8 Å². The van der Waals surface area contributed by atoms with Gasteiger partial charge in [-0.15, -0.1) is 0 Å². The Labute approximate surface area is 204 Å². The van der Waals surface area contributed by atoms with Crippen molar-refractivity contribution in [3.63, 3.8) is 0 Å². The third kappa shape index (κ3) is 5.08. The van der Waals surface area contributed by atoms with E-state index in [0.29, 0.717) is 39.3 Å². The van der Waals surface area contributed by atoms with E-state index in [1.807, 2.05) is 29.2 Å². The number of para-hydroxylation sites is 1. The Balaban J connectivity index is 1.53. The molecule has 5 nitrogen and oxygen atoms in total. The first-order valence-electron chi connectivity index (χ1n) is 11.9. The van der Waals surface area contributed by atoms with Crippen LogP contribution in [0, 0.1) is 5.82 Å². The minimum Gasteiger partial charge on any atom is -0.497 e. The highest BCUT2D eigenvalue weighted by atomic mass is 19.1. The fourth-order valence-corrected chi connectivity index (χ4v) is 4.83. The normalized spacial score (nSPS) is 14.7. The summed E-state index contributed by atoms with van der Waals surface area (Å²) in [4.78, 5) is 15.2. The Hall–Kier alpha value is -3.64. The van der Waals surface area contributed by atoms with Gasteiger partial charge in [-0.25, -0.2) is 4.39 Å². The Kier molecular flexibility index (Phi) is 6.82. The average molecular weight is 473 g/mol. The molecule has 0 bridgehead atoms. The molecule has 1 saturated heterocycles. The molecule has 1 aromatic heterocycles. The number of nitrogens with zero attached hydrogens (tertiary/aromatic N) is 2. The molecule has 0 saturated carbocycles. The summed E-state index contributed by atoms with van der Waals surface area (Å²) in [6, 6.07) is 22.8. The first-order chi connectivity index (χ1) is 17.1. The van der Waals surface area contributed by atoms with Gasteiger partial charge >= 0.3 is 0 Å². The minimum atomic E-state index is -0.283. The van der Waals surface area contributed by atoms with Gasteiger partial charge in [0.25, 0.3) is 0 Å². The fourth-order valence-electron chi connectivity index (χ4n) is 4.83. The first-order valence-corrected chi connectivity index (χ1v) is 11.9. The second-order valence-corrected chi connectivity index (χ2v) is 8.88. The van der Waals surface area contributed by atoms with Gasteiger partial charge in [-0.05, 0) is 47.0 Å². The van der Waals surface area contributed by atoms with Crippen LogP contribution < -0.4 is 4.74 Å². The minimum absolute atomic E-state index is 0.0922. The van der Waals surface area contributed by atoms with Crippen LogP contribution in [0.25, 0.3) is 10.9 Å². The third-order valence-corrected chi connectivity index (χ3v) is 6.72. The summed E-state index contributed by atoms with van der Waals surface area (Å²) in [5.41, 5.74) is 4.26. The lowest BCUT2D eigenvalue weighted by atomic mass is 9.87. The van der Waals surface area contributed by atoms with Gasteiger partial charge in [0.2, 0.25) is 5.91 Å². The van der Waals surface area contributed by atoms with Gasteiger partial charge in [0, 0.05) is 49.1 Å². The van der Waals surface area contributed by atoms with Crippen molar-refractivity contribution in [2.75, 3.05) is 33.4 Å². The van der Waals surface area contributed by atoms with Crippen LogP contribution in [-0.4, -0.2) is 48.8 Å². The Morgan fingerprint density at radius 3 is 2.43 bits per heavy atom. The number of ether oxygens (including phenoxy) is 2. The number of halogens is 1. The van der Waals surface area contributed by atoms with Crippen molar-refractivity contribution in [1.29, 1.82) is 0 Å². The zero-order valence-corrected chi connectivity index (χ0v) is 19.8. The van der Waals surface area contributed by atoms with Crippen LogP contribution in [0.3, 0.4) is 0 Å². The van der Waals surface area contributed by atoms with Gasteiger partial charge < -0.3 is 18.9 Å². The van der Waals surface area contributed by atoms with Crippen LogP contribution in [0.1, 0.15) is 29.0 Å². The Morgan fingerprint density at radius 1 is 1.00 bits per heavy atom. The predicted molar refractivity (Wildman–Crippen MR) is 134 cm³/mol. The standard InChI is InChI=1S/C29H29FN2O3/c1-34-24-12-6-21(7-13-24)19-32-20-27(25-4-2-3-5-28(25)32)26(22-8-10-23(30)11-9-22)18-29(33)31-14-16-35-17-15-31/h2-13,20,26H,14-19H2,1H3. The molecule has 2 heterocycles. The molecular formula is C29H29FN2O3. The van der Waals surface area contributed by atoms with Crippen LogP contribution in [0.15, 0.2) is 79.0 Å². The van der Waals surface area contributed by atoms with Crippen molar-refractivity contribution in [3.05, 3.63) is 102 Å². The maximum absolute atomic E-state index is 13.8. The number of amides is 1. The zero-order valence-electron chi connectivity index (χ0n) is 19.8. The number of aromatic nitrogens is 1. The summed E-state index contributed by atoms with van der Waals surface area (Å²) in [7, 11) is 1.66. The first kappa shape index (κ1) is 23.1. The van der Waals surface area contributed by atoms with Gasteiger partial charge in [0.1, 0.15) is 11.6 Å². The van der Waals surface area contributed by atoms with E-state index in [-0.39, 0.29) is 17.6 Å². The number of rotatable bonds is 7. The molecule has 0 radical (unpaired) electrons. The van der Waals surface area contributed by atoms with E-state index in [0.717, 1.165) is 33.3 Å². The van der Waals surface area contributed by atoms with E-state index in [1.165, 1.54) is 12.1 Å². The summed E-state index contributed by atoms with van der Waals surface area (Å²) in [6.45, 7) is 3.03. The lowest BCUT2D eigenvalue weighted by molar-refractivity contribution is -0.135. The highest BCUT2D eigenvalue weighted by molar-refractivity contribution is 5.87. The molecule has 35 heavy (non-hydrogen) atoms. The SMILES string of the molecule is COc1ccc(Cn2cc(C(CC(=O)N3CCOCC3)c3ccc(F)cc3)c3ccccc32)cc1. The molecule has 1 amide bonds. The molecule has 0 aliphatic carbocycles. The quantitative estimate of drug-likeness (QED) is 0.371. The van der Waals surface area contributed by atoms with E-state index >= 15 is 0 Å². The van der Waals surface area contributed by atoms with E-state index < -0.39 is 0 Å². The number of fused-ring (bicyclic) bond motifs is 1. The summed E-state index contributed by atoms with van der Waals surface area (Å²) in [6.07, 6.45) is 2.47. The number of carbonyl (C=O) groups excluding carboxylic acids is 1. The predicted octanol–water partition coefficient (Wildman–Crippen LogP) is 5.22. The van der Waals surface area contributed by atoms with Gasteiger partial charge in [-0.3, -0.25) is 4.79 Å². The monoisotopic (exact) mass is 472 g/mol. The topological polar surface area (TPSA) is 43.7 Å². The molecule has 1 atom stereocenters. The number of carbonyl (C=O) groups is 1. The second kappa shape index (κ2) is 10.3. The number of hydrogen-bond acceptors (Lipinski definition) is 3. The summed E-state index contributed by atoms with van der Waals surface area (Å²) >= 11 is 0. The van der Waals surface area contributed by atoms with Gasteiger partial charge in [-0.1, -0.05) is 42.5 Å². The molecule has 1 aliphatic rings. The molecule has 0 N–H and O–H groups in total. The third-order valence-electron chi connectivity index (χ3n) is 6.72. The maximum Gasteiger partial charge on any atom is 0.223 e. The highest BCUT2D eigenvalue weighted by Crippen LogP contribution is 2.36. The smallest absolute Gasteiger partial charge is 0.223 e. The van der Waals surface area contributed by atoms with E-state index in [2.05, 4.69) is 35.0 Å². The molecule has 5 rings (SSSR count). The molecule has 6 heteroatoms. The Morgan fingerprint density at radius 2 is 1.71 bits per heavy atom. The maximum atomic E-state index is 13.8. The van der Waals surface area contributed by atoms with Crippen LogP contribution in [-0.2, 0) is 16.1 Å². The van der Waals surface area contributed by atoms with E-state index in [4.69, 9.17) is 9.47 Å². The summed E-state index contributed by atoms with van der Waals surface area (Å²) in [5, 5.41) is 1.10. The summed E-state index contributed by atoms with van der Waals surface area (Å²) in [5.74, 6) is 0.446. The largest absolute Gasteiger partial charge is 0.497 e. The van der Waals surface area contributed by atoms with Crippen molar-refractivity contribution in [2.45, 2.75) is 18.9 Å². The molecular weight excluding hydrogens is 443 g/mol. The molecule has 180 valence electrons. The van der Waals surface area contributed by atoms with Gasteiger partial charge in [-0.2, -0.15) is 0 Å². The second-order valence-electron chi connectivity index (χ2n) is 8.88. The van der Waals surface area contributed by atoms with E-state index in [1.54, 1.807) is 19.2 Å². The lowest BCUT2D eigenvalue weighted by Crippen LogP contribution is -2.41. The van der Waals surface area contributed by atoms with Gasteiger partial charge in [0.15, 0.2) is 0 Å². The molecule has 0 spiro atoms. The lowest BCUT2D eigenvalue weighted by Gasteiger charge is -2.28. The van der Waals surface area contributed by atoms with Crippen molar-refractivity contribution < 1.29 is 18.7 Å². The molecule has 3 aromatic carbocycles. The van der Waals surface area contributed by atoms with Gasteiger partial charge in [0.05, 0.1) is 20.3 Å². The number of methoxy groups -OCH3 is 1. The van der Waals surface area contributed by atoms with Crippen molar-refractivity contribution in [1.82, 2.24) is 9.47 Å². The summed E-state index contributed by atoms with van der Waals surface area (Å²) < 4.78 is 26.7. The Bertz CT molecular complexity index is 1290. The average Bonchev–Trinajstić information content (AvgIpc) is 3.27. The molecule has 4 aromatic rings. The number of benzene rings is 3. The zero-order chi connectivity index (χ0) is 24.2. The van der Waals surface area contributed by atoms with Crippen molar-refractivity contribution in [2.24, 2.45) is 0 Å². The van der Waals surface area contributed by atoms with Crippen molar-refractivity contribution in [3.8, 4) is 5.75 Å². The number of morpholine rings is 1. The highest BCUT2D eigenvalue weighted by Gasteiger charge is 2.26.